The Morgan fingerprint density at radius 1 is 1.43 bits per heavy atom. The van der Waals surface area contributed by atoms with Crippen molar-refractivity contribution in [1.29, 1.82) is 0 Å². The summed E-state index contributed by atoms with van der Waals surface area (Å²) < 4.78 is 5.68. The first-order valence-corrected chi connectivity index (χ1v) is 7.90. The molecule has 4 nitrogen and oxygen atoms in total. The van der Waals surface area contributed by atoms with Gasteiger partial charge in [-0.15, -0.1) is 0 Å². The van der Waals surface area contributed by atoms with E-state index in [1.54, 1.807) is 6.20 Å². The van der Waals surface area contributed by atoms with Crippen LogP contribution in [0.1, 0.15) is 56.8 Å². The molecule has 1 saturated carbocycles. The van der Waals surface area contributed by atoms with E-state index in [0.29, 0.717) is 0 Å². The maximum atomic E-state index is 12.1. The minimum atomic E-state index is -0.0640. The monoisotopic (exact) mass is 290 g/mol. The lowest BCUT2D eigenvalue weighted by Crippen LogP contribution is -2.36. The molecule has 1 aromatic heterocycles. The highest BCUT2D eigenvalue weighted by Crippen LogP contribution is 2.23. The molecule has 116 valence electrons. The fourth-order valence-electron chi connectivity index (χ4n) is 2.84. The summed E-state index contributed by atoms with van der Waals surface area (Å²) in [5.41, 5.74) is 2.05. The topological polar surface area (TPSA) is 51.2 Å². The SMILES string of the molecule is Cc1cccnc1[C@@H](NC(=O)COC1CCCC1)C(C)C. The molecule has 0 radical (unpaired) electrons. The van der Waals surface area contributed by atoms with Gasteiger partial charge in [-0.2, -0.15) is 0 Å². The number of aryl methyl sites for hydroxylation is 1. The third kappa shape index (κ3) is 4.53. The van der Waals surface area contributed by atoms with Crippen LogP contribution >= 0.6 is 0 Å². The molecule has 0 spiro atoms. The Morgan fingerprint density at radius 2 is 2.14 bits per heavy atom. The lowest BCUT2D eigenvalue weighted by molar-refractivity contribution is -0.128. The number of hydrogen-bond donors (Lipinski definition) is 1. The van der Waals surface area contributed by atoms with E-state index < -0.39 is 0 Å². The second-order valence-corrected chi connectivity index (χ2v) is 6.21. The second-order valence-electron chi connectivity index (χ2n) is 6.21. The first-order chi connectivity index (χ1) is 10.1. The van der Waals surface area contributed by atoms with E-state index in [2.05, 4.69) is 24.1 Å². The molecule has 0 unspecified atom stereocenters. The van der Waals surface area contributed by atoms with Gasteiger partial charge in [0.25, 0.3) is 0 Å². The quantitative estimate of drug-likeness (QED) is 0.875. The molecule has 4 heteroatoms. The van der Waals surface area contributed by atoms with Crippen LogP contribution < -0.4 is 5.32 Å². The van der Waals surface area contributed by atoms with Crippen LogP contribution in [0.2, 0.25) is 0 Å². The molecule has 1 aliphatic rings. The third-order valence-electron chi connectivity index (χ3n) is 4.08. The van der Waals surface area contributed by atoms with E-state index in [1.165, 1.54) is 12.8 Å². The molecule has 1 aromatic rings. The Morgan fingerprint density at radius 3 is 2.76 bits per heavy atom. The smallest absolute Gasteiger partial charge is 0.246 e. The number of nitrogens with zero attached hydrogens (tertiary/aromatic N) is 1. The van der Waals surface area contributed by atoms with Crippen LogP contribution in [0, 0.1) is 12.8 Å². The van der Waals surface area contributed by atoms with Gasteiger partial charge in [0, 0.05) is 6.20 Å². The first kappa shape index (κ1) is 16.0. The number of aromatic nitrogens is 1. The molecule has 2 rings (SSSR count). The Hall–Kier alpha value is -1.42. The molecule has 1 aliphatic carbocycles. The summed E-state index contributed by atoms with van der Waals surface area (Å²) in [6.45, 7) is 6.37. The fourth-order valence-corrected chi connectivity index (χ4v) is 2.84. The van der Waals surface area contributed by atoms with E-state index in [4.69, 9.17) is 4.74 Å². The van der Waals surface area contributed by atoms with Gasteiger partial charge in [0.05, 0.1) is 17.8 Å². The molecule has 1 atom stereocenters. The average molecular weight is 290 g/mol. The number of carbonyl (C=O) groups is 1. The lowest BCUT2D eigenvalue weighted by atomic mass is 9.97. The number of ether oxygens (including phenoxy) is 1. The van der Waals surface area contributed by atoms with E-state index in [9.17, 15) is 4.79 Å². The molecule has 1 heterocycles. The summed E-state index contributed by atoms with van der Waals surface area (Å²) in [5, 5.41) is 3.07. The van der Waals surface area contributed by atoms with Gasteiger partial charge < -0.3 is 10.1 Å². The number of nitrogens with one attached hydrogen (secondary N) is 1. The van der Waals surface area contributed by atoms with Crippen molar-refractivity contribution in [2.75, 3.05) is 6.61 Å². The fraction of sp³-hybridized carbons (Fsp3) is 0.647. The Bertz CT molecular complexity index is 468. The molecule has 0 aliphatic heterocycles. The molecule has 0 bridgehead atoms. The summed E-state index contributed by atoms with van der Waals surface area (Å²) in [4.78, 5) is 16.6. The highest BCUT2D eigenvalue weighted by molar-refractivity contribution is 5.77. The zero-order valence-corrected chi connectivity index (χ0v) is 13.3. The molecular formula is C17H26N2O2. The van der Waals surface area contributed by atoms with Gasteiger partial charge in [-0.05, 0) is 37.3 Å². The van der Waals surface area contributed by atoms with Crippen molar-refractivity contribution in [3.05, 3.63) is 29.6 Å². The summed E-state index contributed by atoms with van der Waals surface area (Å²) in [7, 11) is 0. The van der Waals surface area contributed by atoms with E-state index in [0.717, 1.165) is 24.1 Å². The normalized spacial score (nSPS) is 17.1. The summed E-state index contributed by atoms with van der Waals surface area (Å²) in [5.74, 6) is 0.236. The summed E-state index contributed by atoms with van der Waals surface area (Å²) >= 11 is 0. The number of rotatable bonds is 6. The summed E-state index contributed by atoms with van der Waals surface area (Å²) in [6.07, 6.45) is 6.64. The van der Waals surface area contributed by atoms with Gasteiger partial charge in [-0.25, -0.2) is 0 Å². The van der Waals surface area contributed by atoms with Crippen LogP contribution in [0.5, 0.6) is 0 Å². The van der Waals surface area contributed by atoms with Crippen molar-refractivity contribution in [1.82, 2.24) is 10.3 Å². The number of hydrogen-bond acceptors (Lipinski definition) is 3. The van der Waals surface area contributed by atoms with Crippen LogP contribution in [0.3, 0.4) is 0 Å². The molecule has 1 fully saturated rings. The first-order valence-electron chi connectivity index (χ1n) is 7.90. The van der Waals surface area contributed by atoms with Crippen LogP contribution in [0.15, 0.2) is 18.3 Å². The third-order valence-corrected chi connectivity index (χ3v) is 4.08. The molecule has 21 heavy (non-hydrogen) atoms. The van der Waals surface area contributed by atoms with Crippen molar-refractivity contribution in [3.63, 3.8) is 0 Å². The highest BCUT2D eigenvalue weighted by atomic mass is 16.5. The number of amides is 1. The van der Waals surface area contributed by atoms with Gasteiger partial charge in [0.15, 0.2) is 0 Å². The van der Waals surface area contributed by atoms with Crippen molar-refractivity contribution in [2.45, 2.75) is 58.6 Å². The molecule has 0 saturated heterocycles. The van der Waals surface area contributed by atoms with Gasteiger partial charge in [-0.1, -0.05) is 32.8 Å². The molecule has 1 amide bonds. The lowest BCUT2D eigenvalue weighted by Gasteiger charge is -2.23. The second kappa shape index (κ2) is 7.55. The van der Waals surface area contributed by atoms with Crippen molar-refractivity contribution in [2.24, 2.45) is 5.92 Å². The van der Waals surface area contributed by atoms with Crippen LogP contribution in [0.4, 0.5) is 0 Å². The van der Waals surface area contributed by atoms with Gasteiger partial charge in [-0.3, -0.25) is 9.78 Å². The zero-order chi connectivity index (χ0) is 15.2. The molecule has 0 aromatic carbocycles. The van der Waals surface area contributed by atoms with Gasteiger partial charge in [0.2, 0.25) is 5.91 Å². The van der Waals surface area contributed by atoms with Crippen molar-refractivity contribution in [3.8, 4) is 0 Å². The predicted octanol–water partition coefficient (Wildman–Crippen LogP) is 3.16. The number of carbonyl (C=O) groups excluding carboxylic acids is 1. The van der Waals surface area contributed by atoms with Crippen LogP contribution in [-0.2, 0) is 9.53 Å². The van der Waals surface area contributed by atoms with E-state index in [1.807, 2.05) is 19.1 Å². The Labute approximate surface area is 127 Å². The minimum Gasteiger partial charge on any atom is -0.368 e. The van der Waals surface area contributed by atoms with E-state index >= 15 is 0 Å². The maximum absolute atomic E-state index is 12.1. The van der Waals surface area contributed by atoms with Gasteiger partial charge >= 0.3 is 0 Å². The predicted molar refractivity (Wildman–Crippen MR) is 82.9 cm³/mol. The zero-order valence-electron chi connectivity index (χ0n) is 13.3. The van der Waals surface area contributed by atoms with Crippen molar-refractivity contribution < 1.29 is 9.53 Å². The largest absolute Gasteiger partial charge is 0.368 e. The standard InChI is InChI=1S/C17H26N2O2/c1-12(2)16(17-13(3)7-6-10-18-17)19-15(20)11-21-14-8-4-5-9-14/h6-7,10,12,14,16H,4-5,8-9,11H2,1-3H3,(H,19,20)/t16-/m0/s1. The molecule has 1 N–H and O–H groups in total. The number of pyridine rings is 1. The van der Waals surface area contributed by atoms with Crippen LogP contribution in [-0.4, -0.2) is 23.6 Å². The average Bonchev–Trinajstić information content (AvgIpc) is 2.96. The van der Waals surface area contributed by atoms with Crippen molar-refractivity contribution >= 4 is 5.91 Å². The van der Waals surface area contributed by atoms with Gasteiger partial charge in [0.1, 0.15) is 6.61 Å². The highest BCUT2D eigenvalue weighted by Gasteiger charge is 2.22. The minimum absolute atomic E-state index is 0.0503. The maximum Gasteiger partial charge on any atom is 0.246 e. The Balaban J connectivity index is 1.93. The molecular weight excluding hydrogens is 264 g/mol. The van der Waals surface area contributed by atoms with E-state index in [-0.39, 0.29) is 30.6 Å². The Kier molecular flexibility index (Phi) is 5.74. The summed E-state index contributed by atoms with van der Waals surface area (Å²) in [6, 6.07) is 3.88. The van der Waals surface area contributed by atoms with Crippen LogP contribution in [0.25, 0.3) is 0 Å².